The zero-order valence-corrected chi connectivity index (χ0v) is 16.5. The third kappa shape index (κ3) is 4.72. The van der Waals surface area contributed by atoms with E-state index in [9.17, 15) is 18.0 Å². The highest BCUT2D eigenvalue weighted by Gasteiger charge is 2.25. The van der Waals surface area contributed by atoms with Crippen molar-refractivity contribution in [1.82, 2.24) is 9.62 Å². The summed E-state index contributed by atoms with van der Waals surface area (Å²) in [5.41, 5.74) is 0.324. The van der Waals surface area contributed by atoms with Crippen molar-refractivity contribution in [3.8, 4) is 5.75 Å². The lowest BCUT2D eigenvalue weighted by Crippen LogP contribution is -2.40. The van der Waals surface area contributed by atoms with Gasteiger partial charge in [0.1, 0.15) is 10.6 Å². The molecule has 0 bridgehead atoms. The van der Waals surface area contributed by atoms with Gasteiger partial charge in [0.15, 0.2) is 6.61 Å². The molecule has 8 nitrogen and oxygen atoms in total. The van der Waals surface area contributed by atoms with E-state index in [0.717, 1.165) is 19.4 Å². The molecule has 1 atom stereocenters. The molecule has 2 N–H and O–H groups in total. The maximum absolute atomic E-state index is 12.5. The summed E-state index contributed by atoms with van der Waals surface area (Å²) in [6.45, 7) is 3.33. The van der Waals surface area contributed by atoms with E-state index < -0.39 is 10.0 Å². The number of halogens is 1. The van der Waals surface area contributed by atoms with Gasteiger partial charge in [0.05, 0.1) is 10.7 Å². The Morgan fingerprint density at radius 2 is 2.22 bits per heavy atom. The molecule has 2 aliphatic rings. The highest BCUT2D eigenvalue weighted by molar-refractivity contribution is 7.89. The zero-order chi connectivity index (χ0) is 19.6. The van der Waals surface area contributed by atoms with Gasteiger partial charge in [0, 0.05) is 32.1 Å². The van der Waals surface area contributed by atoms with E-state index in [-0.39, 0.29) is 47.1 Å². The number of rotatable bonds is 5. The summed E-state index contributed by atoms with van der Waals surface area (Å²) >= 11 is 6.07. The Hall–Kier alpha value is -1.84. The van der Waals surface area contributed by atoms with E-state index in [2.05, 4.69) is 17.0 Å². The summed E-state index contributed by atoms with van der Waals surface area (Å²) in [5, 5.41) is 2.52. The largest absolute Gasteiger partial charge is 0.482 e. The topological polar surface area (TPSA) is 105 Å². The van der Waals surface area contributed by atoms with Crippen molar-refractivity contribution in [3.05, 3.63) is 17.2 Å². The van der Waals surface area contributed by atoms with Gasteiger partial charge in [-0.2, -0.15) is 0 Å². The Morgan fingerprint density at radius 1 is 1.44 bits per heavy atom. The van der Waals surface area contributed by atoms with Crippen molar-refractivity contribution in [2.75, 3.05) is 31.6 Å². The number of nitrogens with zero attached hydrogens (tertiary/aromatic N) is 1. The molecule has 0 saturated carbocycles. The molecule has 1 aromatic carbocycles. The fourth-order valence-electron chi connectivity index (χ4n) is 3.23. The Kier molecular flexibility index (Phi) is 5.92. The van der Waals surface area contributed by atoms with Crippen molar-refractivity contribution in [2.24, 2.45) is 5.92 Å². The van der Waals surface area contributed by atoms with E-state index >= 15 is 0 Å². The van der Waals surface area contributed by atoms with Crippen LogP contribution in [0.25, 0.3) is 0 Å². The first kappa shape index (κ1) is 19.9. The molecule has 1 aromatic rings. The number of sulfonamides is 1. The lowest BCUT2D eigenvalue weighted by atomic mass is 10.0. The number of piperidine rings is 1. The number of anilines is 1. The minimum atomic E-state index is -3.92. The quantitative estimate of drug-likeness (QED) is 0.759. The molecule has 10 heteroatoms. The molecule has 1 saturated heterocycles. The Morgan fingerprint density at radius 3 is 2.96 bits per heavy atom. The molecule has 1 unspecified atom stereocenters. The van der Waals surface area contributed by atoms with Crippen LogP contribution in [-0.4, -0.2) is 51.4 Å². The van der Waals surface area contributed by atoms with Gasteiger partial charge in [0.2, 0.25) is 15.9 Å². The van der Waals surface area contributed by atoms with E-state index in [1.807, 2.05) is 0 Å². The highest BCUT2D eigenvalue weighted by Crippen LogP contribution is 2.35. The summed E-state index contributed by atoms with van der Waals surface area (Å²) in [6, 6.07) is 2.61. The number of hydrogen-bond acceptors (Lipinski definition) is 5. The SMILES string of the molecule is CC1CCCN(C(=O)CCNS(=O)(=O)c2cc3c(cc2Cl)NC(=O)CO3)C1. The molecule has 0 aliphatic carbocycles. The van der Waals surface area contributed by atoms with E-state index in [1.54, 1.807) is 4.90 Å². The molecule has 1 fully saturated rings. The van der Waals surface area contributed by atoms with Gasteiger partial charge in [0.25, 0.3) is 5.91 Å². The summed E-state index contributed by atoms with van der Waals surface area (Å²) in [4.78, 5) is 25.2. The van der Waals surface area contributed by atoms with Crippen LogP contribution in [0.4, 0.5) is 5.69 Å². The number of carbonyl (C=O) groups is 2. The first-order valence-corrected chi connectivity index (χ1v) is 10.7. The minimum absolute atomic E-state index is 0.0168. The Bertz CT molecular complexity index is 858. The van der Waals surface area contributed by atoms with Crippen molar-refractivity contribution < 1.29 is 22.7 Å². The van der Waals surface area contributed by atoms with Gasteiger partial charge in [-0.1, -0.05) is 18.5 Å². The normalized spacial score (nSPS) is 19.9. The van der Waals surface area contributed by atoms with E-state index in [0.29, 0.717) is 18.2 Å². The third-order valence-electron chi connectivity index (χ3n) is 4.60. The number of fused-ring (bicyclic) bond motifs is 1. The van der Waals surface area contributed by atoms with Crippen molar-refractivity contribution in [1.29, 1.82) is 0 Å². The second-order valence-electron chi connectivity index (χ2n) is 6.85. The molecule has 148 valence electrons. The first-order valence-electron chi connectivity index (χ1n) is 8.80. The van der Waals surface area contributed by atoms with Gasteiger partial charge in [-0.05, 0) is 24.8 Å². The number of nitrogens with one attached hydrogen (secondary N) is 2. The molecule has 27 heavy (non-hydrogen) atoms. The molecule has 0 radical (unpaired) electrons. The monoisotopic (exact) mass is 415 g/mol. The van der Waals surface area contributed by atoms with Crippen LogP contribution in [0.3, 0.4) is 0 Å². The number of benzene rings is 1. The molecule has 0 spiro atoms. The van der Waals surface area contributed by atoms with Crippen molar-refractivity contribution in [2.45, 2.75) is 31.1 Å². The van der Waals surface area contributed by atoms with Crippen molar-refractivity contribution >= 4 is 39.1 Å². The molecular weight excluding hydrogens is 394 g/mol. The predicted octanol–water partition coefficient (Wildman–Crippen LogP) is 1.60. The van der Waals surface area contributed by atoms with E-state index in [1.165, 1.54) is 12.1 Å². The fraction of sp³-hybridized carbons (Fsp3) is 0.529. The van der Waals surface area contributed by atoms with Gasteiger partial charge >= 0.3 is 0 Å². The van der Waals surface area contributed by atoms with E-state index in [4.69, 9.17) is 16.3 Å². The van der Waals surface area contributed by atoms with Gasteiger partial charge in [-0.25, -0.2) is 13.1 Å². The average Bonchev–Trinajstić information content (AvgIpc) is 2.60. The third-order valence-corrected chi connectivity index (χ3v) is 6.52. The minimum Gasteiger partial charge on any atom is -0.482 e. The molecule has 0 aromatic heterocycles. The standard InChI is InChI=1S/C17H22ClN3O5S/c1-11-3-2-6-21(9-11)17(23)4-5-19-27(24,25)15-8-14-13(7-12(15)18)20-16(22)10-26-14/h7-8,11,19H,2-6,9-10H2,1H3,(H,20,22). The van der Waals surface area contributed by atoms with Crippen LogP contribution in [0, 0.1) is 5.92 Å². The average molecular weight is 416 g/mol. The fourth-order valence-corrected chi connectivity index (χ4v) is 4.80. The molecule has 2 heterocycles. The number of amides is 2. The van der Waals surface area contributed by atoms with Crippen LogP contribution < -0.4 is 14.8 Å². The lowest BCUT2D eigenvalue weighted by Gasteiger charge is -2.31. The van der Waals surface area contributed by atoms with Gasteiger partial charge in [-0.3, -0.25) is 9.59 Å². The van der Waals surface area contributed by atoms with Crippen molar-refractivity contribution in [3.63, 3.8) is 0 Å². The maximum Gasteiger partial charge on any atom is 0.262 e. The Labute approximate surface area is 163 Å². The number of ether oxygens (including phenoxy) is 1. The zero-order valence-electron chi connectivity index (χ0n) is 15.0. The van der Waals surface area contributed by atoms with Crippen LogP contribution in [0.5, 0.6) is 5.75 Å². The molecule has 2 aliphatic heterocycles. The van der Waals surface area contributed by atoms with Crippen LogP contribution >= 0.6 is 11.6 Å². The number of carbonyl (C=O) groups excluding carboxylic acids is 2. The van der Waals surface area contributed by atoms with Crippen LogP contribution in [0.2, 0.25) is 5.02 Å². The van der Waals surface area contributed by atoms with Gasteiger partial charge in [-0.15, -0.1) is 0 Å². The maximum atomic E-state index is 12.5. The van der Waals surface area contributed by atoms with Crippen LogP contribution in [0.15, 0.2) is 17.0 Å². The second kappa shape index (κ2) is 8.04. The molecule has 3 rings (SSSR count). The Balaban J connectivity index is 1.63. The predicted molar refractivity (Wildman–Crippen MR) is 100 cm³/mol. The number of likely N-dealkylation sites (tertiary alicyclic amines) is 1. The first-order chi connectivity index (χ1) is 12.8. The lowest BCUT2D eigenvalue weighted by molar-refractivity contribution is -0.132. The highest BCUT2D eigenvalue weighted by atomic mass is 35.5. The van der Waals surface area contributed by atoms with Gasteiger partial charge < -0.3 is 15.0 Å². The second-order valence-corrected chi connectivity index (χ2v) is 8.99. The molecule has 2 amide bonds. The smallest absolute Gasteiger partial charge is 0.262 e. The summed E-state index contributed by atoms with van der Waals surface area (Å²) in [5.74, 6) is 0.302. The summed E-state index contributed by atoms with van der Waals surface area (Å²) < 4.78 is 32.7. The van der Waals surface area contributed by atoms with Crippen LogP contribution in [-0.2, 0) is 19.6 Å². The number of hydrogen-bond donors (Lipinski definition) is 2. The summed E-state index contributed by atoms with van der Waals surface area (Å²) in [6.07, 6.45) is 2.16. The molecular formula is C17H22ClN3O5S. The summed E-state index contributed by atoms with van der Waals surface area (Å²) in [7, 11) is -3.92. The van der Waals surface area contributed by atoms with Crippen LogP contribution in [0.1, 0.15) is 26.2 Å².